The van der Waals surface area contributed by atoms with E-state index in [9.17, 15) is 10.5 Å². The first-order valence-corrected chi connectivity index (χ1v) is 18.3. The average molecular weight is 691 g/mol. The van der Waals surface area contributed by atoms with Crippen LogP contribution in [0.5, 0.6) is 0 Å². The Morgan fingerprint density at radius 1 is 0.340 bits per heavy atom. The van der Waals surface area contributed by atoms with Crippen molar-refractivity contribution in [2.45, 2.75) is 0 Å². The van der Waals surface area contributed by atoms with Crippen LogP contribution in [-0.2, 0) is 0 Å². The third kappa shape index (κ3) is 5.96. The molecular weight excluding hydrogens is 661 g/mol. The number of nitrogens with zero attached hydrogens (tertiary/aromatic N) is 2. The van der Waals surface area contributed by atoms with Crippen LogP contribution in [0.2, 0.25) is 0 Å². The van der Waals surface area contributed by atoms with Gasteiger partial charge in [0.15, 0.2) is 0 Å². The molecule has 0 amide bonds. The van der Waals surface area contributed by atoms with Crippen LogP contribution in [0.25, 0.3) is 86.9 Å². The minimum atomic E-state index is 0.650. The maximum Gasteiger partial charge on any atom is 0.100 e. The van der Waals surface area contributed by atoms with E-state index in [1.165, 1.54) is 9.40 Å². The molecule has 246 valence electrons. The molecule has 0 aliphatic heterocycles. The highest BCUT2D eigenvalue weighted by Gasteiger charge is 2.17. The molecular formula is C50H30N2S. The fraction of sp³-hybridized carbons (Fsp3) is 0. The Balaban J connectivity index is 1.20. The first kappa shape index (κ1) is 31.9. The van der Waals surface area contributed by atoms with Crippen LogP contribution in [0.4, 0.5) is 0 Å². The van der Waals surface area contributed by atoms with Gasteiger partial charge in [0.25, 0.3) is 0 Å². The number of nitriles is 2. The summed E-state index contributed by atoms with van der Waals surface area (Å²) in [6.07, 6.45) is 0. The Morgan fingerprint density at radius 2 is 0.868 bits per heavy atom. The predicted octanol–water partition coefficient (Wildman–Crippen LogP) is 13.8. The van der Waals surface area contributed by atoms with E-state index >= 15 is 0 Å². The van der Waals surface area contributed by atoms with Crippen molar-refractivity contribution in [2.24, 2.45) is 0 Å². The Kier molecular flexibility index (Phi) is 8.18. The first-order valence-electron chi connectivity index (χ1n) is 17.5. The lowest BCUT2D eigenvalue weighted by molar-refractivity contribution is 1.46. The third-order valence-corrected chi connectivity index (χ3v) is 11.2. The molecule has 0 fully saturated rings. The molecule has 0 radical (unpaired) electrons. The lowest BCUT2D eigenvalue weighted by atomic mass is 9.87. The van der Waals surface area contributed by atoms with E-state index < -0.39 is 0 Å². The molecule has 0 aliphatic rings. The van der Waals surface area contributed by atoms with E-state index in [-0.39, 0.29) is 0 Å². The highest BCUT2D eigenvalue weighted by atomic mass is 32.1. The Bertz CT molecular complexity index is 2770. The maximum atomic E-state index is 10.8. The second-order valence-corrected chi connectivity index (χ2v) is 14.2. The van der Waals surface area contributed by atoms with Gasteiger partial charge in [-0.25, -0.2) is 0 Å². The fourth-order valence-corrected chi connectivity index (χ4v) is 8.51. The molecule has 0 atom stereocenters. The van der Waals surface area contributed by atoms with Crippen LogP contribution in [0.15, 0.2) is 182 Å². The van der Waals surface area contributed by atoms with Crippen LogP contribution in [0.1, 0.15) is 11.1 Å². The summed E-state index contributed by atoms with van der Waals surface area (Å²) in [6, 6.07) is 68.0. The molecule has 0 bridgehead atoms. The standard InChI is InChI=1S/C50H30N2S/c51-31-33-17-26-49-47(27-33)44-16-8-15-43(50(44)53-49)41-14-7-13-40(28-41)42-29-45(38-22-18-36(19-23-38)34-9-3-1-4-10-34)48(32-52)46(30-42)39-24-20-37(21-25-39)35-11-5-2-6-12-35/h1-30H. The van der Waals surface area contributed by atoms with Crippen molar-refractivity contribution >= 4 is 31.5 Å². The van der Waals surface area contributed by atoms with Crippen LogP contribution in [0, 0.1) is 22.7 Å². The highest BCUT2D eigenvalue weighted by Crippen LogP contribution is 2.42. The minimum Gasteiger partial charge on any atom is -0.192 e. The number of thiophene rings is 1. The summed E-state index contributed by atoms with van der Waals surface area (Å²) in [5.41, 5.74) is 14.1. The molecule has 3 heteroatoms. The van der Waals surface area contributed by atoms with E-state index in [1.54, 1.807) is 11.3 Å². The number of benzene rings is 8. The number of rotatable bonds is 6. The van der Waals surface area contributed by atoms with Gasteiger partial charge in [-0.05, 0) is 92.0 Å². The van der Waals surface area contributed by atoms with Crippen LogP contribution in [0.3, 0.4) is 0 Å². The monoisotopic (exact) mass is 690 g/mol. The van der Waals surface area contributed by atoms with Crippen molar-refractivity contribution in [3.05, 3.63) is 193 Å². The van der Waals surface area contributed by atoms with Crippen molar-refractivity contribution in [1.29, 1.82) is 10.5 Å². The molecule has 9 aromatic rings. The number of hydrogen-bond acceptors (Lipinski definition) is 3. The van der Waals surface area contributed by atoms with Gasteiger partial charge in [0.2, 0.25) is 0 Å². The van der Waals surface area contributed by atoms with E-state index in [0.29, 0.717) is 11.1 Å². The lowest BCUT2D eigenvalue weighted by Crippen LogP contribution is -1.93. The van der Waals surface area contributed by atoms with Gasteiger partial charge in [0.05, 0.1) is 17.2 Å². The zero-order valence-electron chi connectivity index (χ0n) is 28.6. The largest absolute Gasteiger partial charge is 0.192 e. The van der Waals surface area contributed by atoms with Crippen molar-refractivity contribution in [1.82, 2.24) is 0 Å². The van der Waals surface area contributed by atoms with Gasteiger partial charge in [-0.1, -0.05) is 146 Å². The summed E-state index contributed by atoms with van der Waals surface area (Å²) >= 11 is 1.76. The van der Waals surface area contributed by atoms with Gasteiger partial charge in [0.1, 0.15) is 6.07 Å². The summed E-state index contributed by atoms with van der Waals surface area (Å²) in [5.74, 6) is 0. The normalized spacial score (nSPS) is 11.0. The molecule has 53 heavy (non-hydrogen) atoms. The Labute approximate surface area is 312 Å². The fourth-order valence-electron chi connectivity index (χ4n) is 7.29. The van der Waals surface area contributed by atoms with E-state index in [4.69, 9.17) is 0 Å². The molecule has 0 saturated carbocycles. The lowest BCUT2D eigenvalue weighted by Gasteiger charge is -2.16. The molecule has 2 nitrogen and oxygen atoms in total. The zero-order valence-corrected chi connectivity index (χ0v) is 29.4. The van der Waals surface area contributed by atoms with Gasteiger partial charge in [-0.3, -0.25) is 0 Å². The third-order valence-electron chi connectivity index (χ3n) is 9.99. The van der Waals surface area contributed by atoms with Crippen molar-refractivity contribution in [3.8, 4) is 78.9 Å². The summed E-state index contributed by atoms with van der Waals surface area (Å²) < 4.78 is 2.37. The minimum absolute atomic E-state index is 0.650. The summed E-state index contributed by atoms with van der Waals surface area (Å²) in [5, 5.41) is 22.6. The average Bonchev–Trinajstić information content (AvgIpc) is 3.62. The topological polar surface area (TPSA) is 47.6 Å². The Morgan fingerprint density at radius 3 is 1.45 bits per heavy atom. The maximum absolute atomic E-state index is 10.8. The van der Waals surface area contributed by atoms with Crippen LogP contribution < -0.4 is 0 Å². The quantitative estimate of drug-likeness (QED) is 0.174. The molecule has 1 aromatic heterocycles. The zero-order chi connectivity index (χ0) is 35.7. The number of hydrogen-bond donors (Lipinski definition) is 0. The predicted molar refractivity (Wildman–Crippen MR) is 221 cm³/mol. The summed E-state index contributed by atoms with van der Waals surface area (Å²) in [7, 11) is 0. The van der Waals surface area contributed by atoms with Gasteiger partial charge in [-0.2, -0.15) is 10.5 Å². The molecule has 0 saturated heterocycles. The van der Waals surface area contributed by atoms with Gasteiger partial charge < -0.3 is 0 Å². The van der Waals surface area contributed by atoms with Crippen molar-refractivity contribution in [2.75, 3.05) is 0 Å². The van der Waals surface area contributed by atoms with Gasteiger partial charge in [-0.15, -0.1) is 11.3 Å². The van der Waals surface area contributed by atoms with Crippen molar-refractivity contribution < 1.29 is 0 Å². The molecule has 0 aliphatic carbocycles. The van der Waals surface area contributed by atoms with E-state index in [2.05, 4.69) is 170 Å². The van der Waals surface area contributed by atoms with Crippen LogP contribution >= 0.6 is 11.3 Å². The van der Waals surface area contributed by atoms with E-state index in [0.717, 1.165) is 77.5 Å². The number of fused-ring (bicyclic) bond motifs is 3. The molecule has 9 rings (SSSR count). The van der Waals surface area contributed by atoms with Crippen LogP contribution in [-0.4, -0.2) is 0 Å². The second-order valence-electron chi connectivity index (χ2n) is 13.1. The molecule has 0 N–H and O–H groups in total. The second kappa shape index (κ2) is 13.6. The summed E-state index contributed by atoms with van der Waals surface area (Å²) in [4.78, 5) is 0. The molecule has 0 spiro atoms. The highest BCUT2D eigenvalue weighted by molar-refractivity contribution is 7.26. The Hall–Kier alpha value is -7.04. The molecule has 8 aromatic carbocycles. The molecule has 1 heterocycles. The first-order chi connectivity index (χ1) is 26.2. The van der Waals surface area contributed by atoms with E-state index in [1.807, 2.05) is 24.3 Å². The SMILES string of the molecule is N#Cc1ccc2sc3c(-c4cccc(-c5cc(-c6ccc(-c7ccccc7)cc6)c(C#N)c(-c6ccc(-c7ccccc7)cc6)c5)c4)cccc3c2c1. The smallest absolute Gasteiger partial charge is 0.100 e. The molecule has 0 unspecified atom stereocenters. The van der Waals surface area contributed by atoms with Gasteiger partial charge >= 0.3 is 0 Å². The summed E-state index contributed by atoms with van der Waals surface area (Å²) in [6.45, 7) is 0. The van der Waals surface area contributed by atoms with Crippen molar-refractivity contribution in [3.63, 3.8) is 0 Å². The van der Waals surface area contributed by atoms with Gasteiger partial charge in [0, 0.05) is 31.3 Å².